The number of anilines is 2. The molecule has 26 heavy (non-hydrogen) atoms. The minimum absolute atomic E-state index is 0.126. The summed E-state index contributed by atoms with van der Waals surface area (Å²) in [5.41, 5.74) is 3.10. The van der Waals surface area contributed by atoms with Crippen LogP contribution in [-0.4, -0.2) is 37.9 Å². The SMILES string of the molecule is CCCOCCn1nc(CCl)c2nc(Cl)nc(Nc3cc(C)ccn3)c21. The fourth-order valence-corrected chi connectivity index (χ4v) is 2.93. The van der Waals surface area contributed by atoms with E-state index < -0.39 is 0 Å². The molecule has 0 saturated carbocycles. The molecule has 3 aromatic heterocycles. The Labute approximate surface area is 161 Å². The van der Waals surface area contributed by atoms with Gasteiger partial charge < -0.3 is 10.1 Å². The van der Waals surface area contributed by atoms with E-state index in [0.717, 1.165) is 17.5 Å². The Bertz CT molecular complexity index is 898. The summed E-state index contributed by atoms with van der Waals surface area (Å²) in [4.78, 5) is 13.0. The number of hydrogen-bond donors (Lipinski definition) is 1. The predicted molar refractivity (Wildman–Crippen MR) is 103 cm³/mol. The molecule has 1 N–H and O–H groups in total. The van der Waals surface area contributed by atoms with Crippen LogP contribution in [-0.2, 0) is 17.2 Å². The molecule has 3 rings (SSSR count). The number of fused-ring (bicyclic) bond motifs is 1. The van der Waals surface area contributed by atoms with Crippen molar-refractivity contribution in [1.82, 2.24) is 24.7 Å². The van der Waals surface area contributed by atoms with Crippen molar-refractivity contribution < 1.29 is 4.74 Å². The molecule has 0 atom stereocenters. The van der Waals surface area contributed by atoms with Crippen molar-refractivity contribution >= 4 is 45.9 Å². The topological polar surface area (TPSA) is 77.8 Å². The second-order valence-corrected chi connectivity index (χ2v) is 6.40. The zero-order chi connectivity index (χ0) is 18.5. The first-order valence-electron chi connectivity index (χ1n) is 8.38. The molecule has 7 nitrogen and oxygen atoms in total. The molecule has 0 spiro atoms. The summed E-state index contributed by atoms with van der Waals surface area (Å²) in [5, 5.41) is 7.89. The van der Waals surface area contributed by atoms with Crippen LogP contribution in [0.1, 0.15) is 24.6 Å². The zero-order valence-corrected chi connectivity index (χ0v) is 16.2. The van der Waals surface area contributed by atoms with Crippen LogP contribution in [0, 0.1) is 6.92 Å². The fourth-order valence-electron chi connectivity index (χ4n) is 2.58. The Balaban J connectivity index is 2.01. The molecular weight excluding hydrogens is 375 g/mol. The van der Waals surface area contributed by atoms with E-state index >= 15 is 0 Å². The van der Waals surface area contributed by atoms with Crippen LogP contribution < -0.4 is 5.32 Å². The number of hydrogen-bond acceptors (Lipinski definition) is 6. The lowest BCUT2D eigenvalue weighted by molar-refractivity contribution is 0.125. The summed E-state index contributed by atoms with van der Waals surface area (Å²) in [5.74, 6) is 1.44. The number of nitrogens with zero attached hydrogens (tertiary/aromatic N) is 5. The van der Waals surface area contributed by atoms with Crippen LogP contribution in [0.5, 0.6) is 0 Å². The first kappa shape index (κ1) is 18.8. The van der Waals surface area contributed by atoms with Crippen molar-refractivity contribution in [2.45, 2.75) is 32.7 Å². The van der Waals surface area contributed by atoms with Crippen LogP contribution >= 0.6 is 23.2 Å². The molecule has 0 unspecified atom stereocenters. The van der Waals surface area contributed by atoms with Crippen molar-refractivity contribution in [2.75, 3.05) is 18.5 Å². The predicted octanol–water partition coefficient (Wildman–Crippen LogP) is 4.09. The van der Waals surface area contributed by atoms with Gasteiger partial charge in [0.2, 0.25) is 5.28 Å². The van der Waals surface area contributed by atoms with E-state index in [1.54, 1.807) is 10.9 Å². The number of aryl methyl sites for hydroxylation is 1. The molecule has 0 saturated heterocycles. The summed E-state index contributed by atoms with van der Waals surface area (Å²) in [6, 6.07) is 3.85. The first-order chi connectivity index (χ1) is 12.6. The summed E-state index contributed by atoms with van der Waals surface area (Å²) >= 11 is 12.2. The number of alkyl halides is 1. The van der Waals surface area contributed by atoms with Crippen molar-refractivity contribution in [3.05, 3.63) is 34.9 Å². The summed E-state index contributed by atoms with van der Waals surface area (Å²) in [7, 11) is 0. The molecule has 138 valence electrons. The lowest BCUT2D eigenvalue weighted by atomic mass is 10.3. The van der Waals surface area contributed by atoms with E-state index in [1.165, 1.54) is 0 Å². The number of aromatic nitrogens is 5. The van der Waals surface area contributed by atoms with Crippen molar-refractivity contribution in [3.63, 3.8) is 0 Å². The van der Waals surface area contributed by atoms with Gasteiger partial charge >= 0.3 is 0 Å². The number of ether oxygens (including phenoxy) is 1. The highest BCUT2D eigenvalue weighted by Crippen LogP contribution is 2.28. The maximum absolute atomic E-state index is 6.12. The molecule has 0 amide bonds. The van der Waals surface area contributed by atoms with Gasteiger partial charge in [-0.15, -0.1) is 11.6 Å². The summed E-state index contributed by atoms with van der Waals surface area (Å²) in [6.45, 7) is 5.88. The van der Waals surface area contributed by atoms with Crippen molar-refractivity contribution in [3.8, 4) is 0 Å². The van der Waals surface area contributed by atoms with Crippen LogP contribution in [0.4, 0.5) is 11.6 Å². The van der Waals surface area contributed by atoms with Crippen LogP contribution in [0.25, 0.3) is 11.0 Å². The molecule has 0 aromatic carbocycles. The Morgan fingerprint density at radius 3 is 2.85 bits per heavy atom. The number of pyridine rings is 1. The van der Waals surface area contributed by atoms with Crippen molar-refractivity contribution in [1.29, 1.82) is 0 Å². The molecule has 3 heterocycles. The molecule has 0 aliphatic carbocycles. The highest BCUT2D eigenvalue weighted by atomic mass is 35.5. The summed E-state index contributed by atoms with van der Waals surface area (Å²) < 4.78 is 7.39. The standard InChI is InChI=1S/C17H20Cl2N6O/c1-3-7-26-8-6-25-15-14(12(10-18)24-25)22-17(19)23-16(15)21-13-9-11(2)4-5-20-13/h4-5,9H,3,6-8,10H2,1-2H3,(H,20,21,22,23). The second kappa shape index (κ2) is 8.62. The number of rotatable bonds is 8. The first-order valence-corrected chi connectivity index (χ1v) is 9.30. The Morgan fingerprint density at radius 2 is 2.12 bits per heavy atom. The highest BCUT2D eigenvalue weighted by Gasteiger charge is 2.18. The van der Waals surface area contributed by atoms with Gasteiger partial charge in [0, 0.05) is 12.8 Å². The zero-order valence-electron chi connectivity index (χ0n) is 14.7. The minimum Gasteiger partial charge on any atom is -0.380 e. The van der Waals surface area contributed by atoms with Gasteiger partial charge in [-0.1, -0.05) is 6.92 Å². The van der Waals surface area contributed by atoms with E-state index in [2.05, 4.69) is 32.3 Å². The van der Waals surface area contributed by atoms with Gasteiger partial charge in [0.25, 0.3) is 0 Å². The van der Waals surface area contributed by atoms with E-state index in [-0.39, 0.29) is 11.2 Å². The molecule has 0 aliphatic rings. The lowest BCUT2D eigenvalue weighted by Gasteiger charge is -2.10. The highest BCUT2D eigenvalue weighted by molar-refractivity contribution is 6.29. The average molecular weight is 395 g/mol. The molecule has 0 bridgehead atoms. The van der Waals surface area contributed by atoms with E-state index in [0.29, 0.717) is 42.6 Å². The van der Waals surface area contributed by atoms with Gasteiger partial charge in [-0.05, 0) is 42.6 Å². The lowest BCUT2D eigenvalue weighted by Crippen LogP contribution is -2.10. The largest absolute Gasteiger partial charge is 0.380 e. The third kappa shape index (κ3) is 4.23. The third-order valence-corrected chi connectivity index (χ3v) is 4.14. The maximum atomic E-state index is 6.12. The average Bonchev–Trinajstić information content (AvgIpc) is 2.96. The Hall–Kier alpha value is -1.96. The normalized spacial score (nSPS) is 11.2. The van der Waals surface area contributed by atoms with Gasteiger partial charge in [-0.2, -0.15) is 10.1 Å². The number of nitrogens with one attached hydrogen (secondary N) is 1. The van der Waals surface area contributed by atoms with Gasteiger partial charge in [-0.25, -0.2) is 9.97 Å². The van der Waals surface area contributed by atoms with Crippen molar-refractivity contribution in [2.24, 2.45) is 0 Å². The third-order valence-electron chi connectivity index (χ3n) is 3.71. The van der Waals surface area contributed by atoms with Crippen LogP contribution in [0.3, 0.4) is 0 Å². The van der Waals surface area contributed by atoms with Crippen LogP contribution in [0.2, 0.25) is 5.28 Å². The molecular formula is C17H20Cl2N6O. The molecule has 0 radical (unpaired) electrons. The molecule has 3 aromatic rings. The number of halogens is 2. The van der Waals surface area contributed by atoms with E-state index in [1.807, 2.05) is 19.1 Å². The quantitative estimate of drug-likeness (QED) is 0.352. The molecule has 0 aliphatic heterocycles. The smallest absolute Gasteiger partial charge is 0.225 e. The maximum Gasteiger partial charge on any atom is 0.225 e. The van der Waals surface area contributed by atoms with Gasteiger partial charge in [-0.3, -0.25) is 4.68 Å². The van der Waals surface area contributed by atoms with E-state index in [4.69, 9.17) is 27.9 Å². The molecule has 0 fully saturated rings. The Kier molecular flexibility index (Phi) is 6.24. The van der Waals surface area contributed by atoms with E-state index in [9.17, 15) is 0 Å². The Morgan fingerprint density at radius 1 is 1.27 bits per heavy atom. The second-order valence-electron chi connectivity index (χ2n) is 5.80. The van der Waals surface area contributed by atoms with Gasteiger partial charge in [0.15, 0.2) is 5.82 Å². The summed E-state index contributed by atoms with van der Waals surface area (Å²) in [6.07, 6.45) is 2.70. The minimum atomic E-state index is 0.126. The monoisotopic (exact) mass is 394 g/mol. The fraction of sp³-hybridized carbons (Fsp3) is 0.412. The molecule has 9 heteroatoms. The van der Waals surface area contributed by atoms with Gasteiger partial charge in [0.1, 0.15) is 22.5 Å². The van der Waals surface area contributed by atoms with Crippen LogP contribution in [0.15, 0.2) is 18.3 Å². The van der Waals surface area contributed by atoms with Gasteiger partial charge in [0.05, 0.1) is 19.0 Å².